The summed E-state index contributed by atoms with van der Waals surface area (Å²) >= 11 is 0. The van der Waals surface area contributed by atoms with Gasteiger partial charge in [-0.3, -0.25) is 0 Å². The van der Waals surface area contributed by atoms with E-state index in [9.17, 15) is 0 Å². The normalized spacial score (nSPS) is 16.4. The predicted octanol–water partition coefficient (Wildman–Crippen LogP) is 2.16. The van der Waals surface area contributed by atoms with Crippen molar-refractivity contribution >= 4 is 11.8 Å². The average molecular weight is 283 g/mol. The first-order chi connectivity index (χ1) is 10.2. The van der Waals surface area contributed by atoms with Crippen LogP contribution in [-0.2, 0) is 0 Å². The van der Waals surface area contributed by atoms with Crippen LogP contribution >= 0.6 is 0 Å². The van der Waals surface area contributed by atoms with Crippen molar-refractivity contribution in [2.45, 2.75) is 19.8 Å². The number of ether oxygens (including phenoxy) is 2. The summed E-state index contributed by atoms with van der Waals surface area (Å²) in [4.78, 5) is 2.23. The Morgan fingerprint density at radius 3 is 2.52 bits per heavy atom. The first-order valence-electron chi connectivity index (χ1n) is 7.29. The summed E-state index contributed by atoms with van der Waals surface area (Å²) in [7, 11) is 5.47. The summed E-state index contributed by atoms with van der Waals surface area (Å²) in [5.41, 5.74) is 4.09. The maximum Gasteiger partial charge on any atom is 0.161 e. The number of nitrogens with zero attached hydrogens (tertiary/aromatic N) is 1. The van der Waals surface area contributed by atoms with Gasteiger partial charge in [-0.1, -0.05) is 19.1 Å². The highest BCUT2D eigenvalue weighted by molar-refractivity contribution is 5.73. The zero-order chi connectivity index (χ0) is 15.0. The van der Waals surface area contributed by atoms with Gasteiger partial charge < -0.3 is 14.4 Å². The monoisotopic (exact) mass is 283 g/mol. The number of hydrogen-bond acceptors (Lipinski definition) is 3. The van der Waals surface area contributed by atoms with Crippen molar-refractivity contribution in [3.8, 4) is 11.5 Å². The summed E-state index contributed by atoms with van der Waals surface area (Å²) in [5.74, 6) is 1.56. The lowest BCUT2D eigenvalue weighted by Crippen LogP contribution is -2.37. The molecule has 0 spiro atoms. The summed E-state index contributed by atoms with van der Waals surface area (Å²) in [6.45, 7) is 2.20. The third-order valence-electron chi connectivity index (χ3n) is 4.18. The van der Waals surface area contributed by atoms with Crippen LogP contribution < -0.4 is 19.9 Å². The highest BCUT2D eigenvalue weighted by Gasteiger charge is 2.20. The lowest BCUT2D eigenvalue weighted by atomic mass is 9.91. The number of rotatable bonds is 3. The fourth-order valence-corrected chi connectivity index (χ4v) is 3.19. The number of allylic oxidation sites excluding steroid dienone is 4. The molecule has 1 aliphatic heterocycles. The molecule has 0 N–H and O–H groups in total. The van der Waals surface area contributed by atoms with E-state index in [1.165, 1.54) is 27.3 Å². The fraction of sp³-hybridized carbons (Fsp3) is 0.333. The van der Waals surface area contributed by atoms with Gasteiger partial charge in [0.25, 0.3) is 0 Å². The van der Waals surface area contributed by atoms with Gasteiger partial charge in [-0.15, -0.1) is 0 Å². The second-order valence-electron chi connectivity index (χ2n) is 5.35. The van der Waals surface area contributed by atoms with Crippen LogP contribution in [0.25, 0.3) is 11.8 Å². The Kier molecular flexibility index (Phi) is 3.50. The van der Waals surface area contributed by atoms with Gasteiger partial charge in [0, 0.05) is 24.2 Å². The predicted molar refractivity (Wildman–Crippen MR) is 85.5 cm³/mol. The molecule has 0 saturated heterocycles. The van der Waals surface area contributed by atoms with Crippen LogP contribution in [-0.4, -0.2) is 26.2 Å². The third-order valence-corrected chi connectivity index (χ3v) is 4.18. The van der Waals surface area contributed by atoms with Crippen LogP contribution in [0.2, 0.25) is 0 Å². The van der Waals surface area contributed by atoms with Crippen molar-refractivity contribution in [1.82, 2.24) is 4.90 Å². The largest absolute Gasteiger partial charge is 0.493 e. The first-order valence-corrected chi connectivity index (χ1v) is 7.29. The van der Waals surface area contributed by atoms with Crippen molar-refractivity contribution in [3.63, 3.8) is 0 Å². The highest BCUT2D eigenvalue weighted by Crippen LogP contribution is 2.31. The van der Waals surface area contributed by atoms with E-state index in [2.05, 4.69) is 49.4 Å². The molecule has 0 saturated carbocycles. The van der Waals surface area contributed by atoms with Crippen molar-refractivity contribution < 1.29 is 9.47 Å². The first kappa shape index (κ1) is 13.8. The molecule has 1 aromatic carbocycles. The standard InChI is InChI=1S/C18H21NO2/c1-5-12-7-6-8-14-15-10-17(21-4)16(20-3)9-13(15)11-19(2)18(12)14/h6-7,9-11H,5,8H2,1-4H3. The van der Waals surface area contributed by atoms with Gasteiger partial charge >= 0.3 is 0 Å². The molecule has 1 heterocycles. The van der Waals surface area contributed by atoms with E-state index in [0.29, 0.717) is 0 Å². The maximum absolute atomic E-state index is 5.46. The summed E-state index contributed by atoms with van der Waals surface area (Å²) in [6.07, 6.45) is 8.66. The molecular formula is C18H21NO2. The van der Waals surface area contributed by atoms with E-state index in [0.717, 1.165) is 24.3 Å². The molecule has 1 aliphatic carbocycles. The van der Waals surface area contributed by atoms with Crippen molar-refractivity contribution in [1.29, 1.82) is 0 Å². The number of fused-ring (bicyclic) bond motifs is 2. The van der Waals surface area contributed by atoms with Gasteiger partial charge in [0.1, 0.15) is 0 Å². The van der Waals surface area contributed by atoms with Gasteiger partial charge in [-0.2, -0.15) is 0 Å². The van der Waals surface area contributed by atoms with Crippen molar-refractivity contribution in [3.05, 3.63) is 46.0 Å². The summed E-state index contributed by atoms with van der Waals surface area (Å²) in [5, 5.41) is 2.43. The fourth-order valence-electron chi connectivity index (χ4n) is 3.19. The highest BCUT2D eigenvalue weighted by atomic mass is 16.5. The third kappa shape index (κ3) is 2.13. The zero-order valence-electron chi connectivity index (χ0n) is 13.1. The Labute approximate surface area is 125 Å². The molecule has 3 rings (SSSR count). The van der Waals surface area contributed by atoms with Gasteiger partial charge in [0.2, 0.25) is 0 Å². The maximum atomic E-state index is 5.46. The Bertz CT molecular complexity index is 756. The van der Waals surface area contributed by atoms with Crippen LogP contribution in [0, 0.1) is 0 Å². The van der Waals surface area contributed by atoms with Crippen LogP contribution in [0.1, 0.15) is 19.8 Å². The molecule has 0 atom stereocenters. The second-order valence-corrected chi connectivity index (χ2v) is 5.35. The second kappa shape index (κ2) is 5.32. The topological polar surface area (TPSA) is 21.7 Å². The average Bonchev–Trinajstić information content (AvgIpc) is 2.53. The van der Waals surface area contributed by atoms with Crippen LogP contribution in [0.3, 0.4) is 0 Å². The lowest BCUT2D eigenvalue weighted by Gasteiger charge is -2.29. The van der Waals surface area contributed by atoms with Crippen LogP contribution in [0.15, 0.2) is 35.6 Å². The lowest BCUT2D eigenvalue weighted by molar-refractivity contribution is 0.354. The zero-order valence-corrected chi connectivity index (χ0v) is 13.1. The molecule has 2 aliphatic rings. The van der Waals surface area contributed by atoms with Gasteiger partial charge in [0.15, 0.2) is 11.5 Å². The van der Waals surface area contributed by atoms with Crippen molar-refractivity contribution in [2.75, 3.05) is 21.3 Å². The van der Waals surface area contributed by atoms with E-state index in [4.69, 9.17) is 9.47 Å². The molecule has 0 bridgehead atoms. The Balaban J connectivity index is 2.36. The van der Waals surface area contributed by atoms with E-state index < -0.39 is 0 Å². The van der Waals surface area contributed by atoms with Crippen molar-refractivity contribution in [2.24, 2.45) is 0 Å². The van der Waals surface area contributed by atoms with Gasteiger partial charge in [-0.25, -0.2) is 0 Å². The molecule has 110 valence electrons. The molecule has 0 aromatic heterocycles. The Morgan fingerprint density at radius 1 is 1.14 bits per heavy atom. The van der Waals surface area contributed by atoms with Gasteiger partial charge in [-0.05, 0) is 41.3 Å². The molecule has 3 heteroatoms. The Morgan fingerprint density at radius 2 is 1.86 bits per heavy atom. The molecule has 0 unspecified atom stereocenters. The number of hydrogen-bond donors (Lipinski definition) is 0. The van der Waals surface area contributed by atoms with E-state index in [-0.39, 0.29) is 0 Å². The minimum absolute atomic E-state index is 0.774. The van der Waals surface area contributed by atoms with Crippen LogP contribution in [0.5, 0.6) is 11.5 Å². The quantitative estimate of drug-likeness (QED) is 0.848. The SMILES string of the molecule is CCC1=C2C(=c3cc(OC)c(OC)cc3=CN2C)CC=C1. The molecule has 0 amide bonds. The molecule has 21 heavy (non-hydrogen) atoms. The minimum atomic E-state index is 0.774. The van der Waals surface area contributed by atoms with E-state index >= 15 is 0 Å². The number of methoxy groups -OCH3 is 2. The van der Waals surface area contributed by atoms with Gasteiger partial charge in [0.05, 0.1) is 14.2 Å². The molecule has 1 aromatic rings. The smallest absolute Gasteiger partial charge is 0.161 e. The number of benzene rings is 1. The minimum Gasteiger partial charge on any atom is -0.493 e. The molecular weight excluding hydrogens is 262 g/mol. The molecule has 0 fully saturated rings. The molecule has 0 radical (unpaired) electrons. The summed E-state index contributed by atoms with van der Waals surface area (Å²) < 4.78 is 10.9. The summed E-state index contributed by atoms with van der Waals surface area (Å²) in [6, 6.07) is 4.15. The molecule has 3 nitrogen and oxygen atoms in total. The Hall–Kier alpha value is -2.16. The van der Waals surface area contributed by atoms with Crippen LogP contribution in [0.4, 0.5) is 0 Å². The van der Waals surface area contributed by atoms with E-state index in [1.54, 1.807) is 14.2 Å². The van der Waals surface area contributed by atoms with E-state index in [1.807, 2.05) is 0 Å².